The summed E-state index contributed by atoms with van der Waals surface area (Å²) in [6.07, 6.45) is 5.60. The third-order valence-electron chi connectivity index (χ3n) is 7.98. The van der Waals surface area contributed by atoms with Crippen molar-refractivity contribution in [2.75, 3.05) is 44.7 Å². The van der Waals surface area contributed by atoms with Crippen LogP contribution >= 0.6 is 0 Å². The number of hydrogen-bond acceptors (Lipinski definition) is 6. The van der Waals surface area contributed by atoms with Crippen LogP contribution in [0.1, 0.15) is 62.3 Å². The molecular formula is C25H38N8O3. The molecule has 0 radical (unpaired) electrons. The number of aromatic nitrogens is 4. The van der Waals surface area contributed by atoms with Crippen LogP contribution in [0.4, 0.5) is 10.6 Å². The lowest BCUT2D eigenvalue weighted by Crippen LogP contribution is -2.59. The van der Waals surface area contributed by atoms with Crippen molar-refractivity contribution in [3.63, 3.8) is 0 Å². The molecule has 1 atom stereocenters. The summed E-state index contributed by atoms with van der Waals surface area (Å²) in [6, 6.07) is 0.161. The molecule has 3 aliphatic heterocycles. The van der Waals surface area contributed by atoms with Crippen molar-refractivity contribution in [1.82, 2.24) is 34.4 Å². The number of carbonyl (C=O) groups excluding carboxylic acids is 2. The number of anilines is 1. The second-order valence-electron chi connectivity index (χ2n) is 10.8. The van der Waals surface area contributed by atoms with Crippen LogP contribution in [0.25, 0.3) is 0 Å². The number of H-pyrrole nitrogens is 1. The van der Waals surface area contributed by atoms with E-state index in [1.807, 2.05) is 35.1 Å². The summed E-state index contributed by atoms with van der Waals surface area (Å²) in [5.74, 6) is 0.833. The van der Waals surface area contributed by atoms with E-state index >= 15 is 0 Å². The van der Waals surface area contributed by atoms with Crippen LogP contribution in [0.15, 0.2) is 12.5 Å². The van der Waals surface area contributed by atoms with Crippen molar-refractivity contribution in [1.29, 1.82) is 0 Å². The van der Waals surface area contributed by atoms with Gasteiger partial charge in [0.1, 0.15) is 5.69 Å². The molecule has 2 aromatic heterocycles. The lowest BCUT2D eigenvalue weighted by Gasteiger charge is -2.44. The summed E-state index contributed by atoms with van der Waals surface area (Å²) in [5.41, 5.74) is 1.48. The minimum atomic E-state index is -0.564. The zero-order chi connectivity index (χ0) is 25.4. The molecule has 0 spiro atoms. The fraction of sp³-hybridized carbons (Fsp3) is 0.680. The summed E-state index contributed by atoms with van der Waals surface area (Å²) in [7, 11) is 0. The summed E-state index contributed by atoms with van der Waals surface area (Å²) in [4.78, 5) is 37.1. The van der Waals surface area contributed by atoms with Crippen LogP contribution in [-0.4, -0.2) is 91.8 Å². The quantitative estimate of drug-likeness (QED) is 0.655. The molecule has 2 N–H and O–H groups in total. The maximum atomic E-state index is 13.8. The molecule has 2 fully saturated rings. The fourth-order valence-corrected chi connectivity index (χ4v) is 5.68. The van der Waals surface area contributed by atoms with Gasteiger partial charge >= 0.3 is 6.03 Å². The minimum Gasteiger partial charge on any atom is -0.381 e. The second kappa shape index (κ2) is 9.85. The summed E-state index contributed by atoms with van der Waals surface area (Å²) in [6.45, 7) is 14.6. The first kappa shape index (κ1) is 24.8. The van der Waals surface area contributed by atoms with Crippen LogP contribution in [0, 0.1) is 5.92 Å². The predicted molar refractivity (Wildman–Crippen MR) is 135 cm³/mol. The number of amides is 3. The topological polar surface area (TPSA) is 112 Å². The highest BCUT2D eigenvalue weighted by atomic mass is 16.5. The molecular weight excluding hydrogens is 460 g/mol. The maximum Gasteiger partial charge on any atom is 0.321 e. The van der Waals surface area contributed by atoms with Gasteiger partial charge in [-0.15, -0.1) is 0 Å². The summed E-state index contributed by atoms with van der Waals surface area (Å²) < 4.78 is 7.35. The zero-order valence-electron chi connectivity index (χ0n) is 21.8. The Labute approximate surface area is 212 Å². The van der Waals surface area contributed by atoms with Gasteiger partial charge in [0.2, 0.25) is 0 Å². The number of ether oxygens (including phenoxy) is 1. The minimum absolute atomic E-state index is 0.0294. The number of nitrogens with one attached hydrogen (secondary N) is 2. The highest BCUT2D eigenvalue weighted by Gasteiger charge is 2.46. The number of urea groups is 1. The van der Waals surface area contributed by atoms with Crippen LogP contribution in [0.2, 0.25) is 0 Å². The normalized spacial score (nSPS) is 22.6. The molecule has 5 heterocycles. The van der Waals surface area contributed by atoms with Crippen molar-refractivity contribution in [3.05, 3.63) is 29.5 Å². The number of hydrogen-bond donors (Lipinski definition) is 2. The fourth-order valence-electron chi connectivity index (χ4n) is 5.68. The van der Waals surface area contributed by atoms with E-state index in [9.17, 15) is 9.59 Å². The molecule has 0 unspecified atom stereocenters. The molecule has 3 aliphatic rings. The average molecular weight is 499 g/mol. The van der Waals surface area contributed by atoms with Gasteiger partial charge in [-0.1, -0.05) is 0 Å². The van der Waals surface area contributed by atoms with Gasteiger partial charge < -0.3 is 24.4 Å². The number of fused-ring (bicyclic) bond motifs is 1. The number of aryl methyl sites for hydroxylation is 1. The number of imidazole rings is 1. The Morgan fingerprint density at radius 3 is 2.72 bits per heavy atom. The van der Waals surface area contributed by atoms with Crippen molar-refractivity contribution in [2.24, 2.45) is 5.92 Å². The Kier molecular flexibility index (Phi) is 6.78. The molecule has 5 rings (SSSR count). The summed E-state index contributed by atoms with van der Waals surface area (Å²) in [5, 5.41) is 10.3. The van der Waals surface area contributed by atoms with Gasteiger partial charge in [0.15, 0.2) is 5.82 Å². The maximum absolute atomic E-state index is 13.8. The lowest BCUT2D eigenvalue weighted by atomic mass is 9.99. The van der Waals surface area contributed by atoms with Crippen molar-refractivity contribution >= 4 is 17.8 Å². The van der Waals surface area contributed by atoms with Crippen molar-refractivity contribution in [3.8, 4) is 0 Å². The van der Waals surface area contributed by atoms with E-state index < -0.39 is 5.54 Å². The highest BCUT2D eigenvalue weighted by molar-refractivity contribution is 6.02. The summed E-state index contributed by atoms with van der Waals surface area (Å²) >= 11 is 0. The number of rotatable bonds is 5. The highest BCUT2D eigenvalue weighted by Crippen LogP contribution is 2.41. The number of carbonyl (C=O) groups is 2. The first-order chi connectivity index (χ1) is 17.3. The van der Waals surface area contributed by atoms with Gasteiger partial charge in [-0.2, -0.15) is 5.10 Å². The molecule has 2 aromatic rings. The Balaban J connectivity index is 1.24. The smallest absolute Gasteiger partial charge is 0.321 e. The van der Waals surface area contributed by atoms with Gasteiger partial charge in [-0.3, -0.25) is 14.8 Å². The van der Waals surface area contributed by atoms with Crippen molar-refractivity contribution in [2.45, 2.75) is 65.2 Å². The average Bonchev–Trinajstić information content (AvgIpc) is 3.56. The van der Waals surface area contributed by atoms with Crippen molar-refractivity contribution < 1.29 is 14.3 Å². The first-order valence-corrected chi connectivity index (χ1v) is 13.1. The van der Waals surface area contributed by atoms with Crippen LogP contribution < -0.4 is 5.32 Å². The molecule has 11 nitrogen and oxygen atoms in total. The Hall–Kier alpha value is -2.92. The SMILES string of the molecule is CCn1cnc(C(=O)Nc2n[nH]c3c2CN(C(=O)N2CCN(CC4CCOCC4)C[C@@H]2C)C3(C)C)c1. The molecule has 0 saturated carbocycles. The van der Waals surface area contributed by atoms with Gasteiger partial charge in [-0.05, 0) is 46.5 Å². The molecule has 0 aromatic carbocycles. The van der Waals surface area contributed by atoms with Gasteiger partial charge in [-0.25, -0.2) is 9.78 Å². The van der Waals surface area contributed by atoms with Crippen LogP contribution in [-0.2, 0) is 23.4 Å². The molecule has 0 aliphatic carbocycles. The van der Waals surface area contributed by atoms with Gasteiger partial charge in [0.25, 0.3) is 5.91 Å². The lowest BCUT2D eigenvalue weighted by molar-refractivity contribution is 0.0290. The largest absolute Gasteiger partial charge is 0.381 e. The molecule has 11 heteroatoms. The third kappa shape index (κ3) is 4.61. The molecule has 196 valence electrons. The number of piperazine rings is 1. The number of aromatic amines is 1. The van der Waals surface area contributed by atoms with Gasteiger partial charge in [0.05, 0.1) is 24.1 Å². The number of nitrogens with zero attached hydrogens (tertiary/aromatic N) is 6. The van der Waals surface area contributed by atoms with E-state index in [1.165, 1.54) is 0 Å². The monoisotopic (exact) mass is 498 g/mol. The van der Waals surface area contributed by atoms with E-state index in [4.69, 9.17) is 4.74 Å². The van der Waals surface area contributed by atoms with Crippen LogP contribution in [0.3, 0.4) is 0 Å². The van der Waals surface area contributed by atoms with Gasteiger partial charge in [0, 0.05) is 63.7 Å². The van der Waals surface area contributed by atoms with E-state index in [0.29, 0.717) is 30.5 Å². The Morgan fingerprint density at radius 1 is 1.25 bits per heavy atom. The zero-order valence-corrected chi connectivity index (χ0v) is 21.8. The van der Waals surface area contributed by atoms with E-state index in [1.54, 1.807) is 12.5 Å². The Morgan fingerprint density at radius 2 is 2.03 bits per heavy atom. The van der Waals surface area contributed by atoms with E-state index in [-0.39, 0.29) is 18.0 Å². The molecule has 2 saturated heterocycles. The van der Waals surface area contributed by atoms with E-state index in [0.717, 1.165) is 63.5 Å². The Bertz CT molecular complexity index is 1100. The van der Waals surface area contributed by atoms with Crippen LogP contribution in [0.5, 0.6) is 0 Å². The van der Waals surface area contributed by atoms with E-state index in [2.05, 4.69) is 32.3 Å². The molecule has 0 bridgehead atoms. The first-order valence-electron chi connectivity index (χ1n) is 13.1. The third-order valence-corrected chi connectivity index (χ3v) is 7.98. The second-order valence-corrected chi connectivity index (χ2v) is 10.8. The standard InChI is InChI=1S/C25H38N8O3/c1-5-30-15-20(26-16-30)23(34)27-22-19-14-33(25(3,4)21(19)28-29-22)24(35)32-9-8-31(12-17(32)2)13-18-6-10-36-11-7-18/h15-18H,5-14H2,1-4H3,(H2,27,28,29,34)/t17-/m0/s1. The molecule has 3 amide bonds. The predicted octanol–water partition coefficient (Wildman–Crippen LogP) is 2.48. The molecule has 36 heavy (non-hydrogen) atoms.